The van der Waals surface area contributed by atoms with Gasteiger partial charge in [0.15, 0.2) is 0 Å². The van der Waals surface area contributed by atoms with Crippen molar-refractivity contribution in [1.82, 2.24) is 10.2 Å². The topological polar surface area (TPSA) is 184 Å². The Kier molecular flexibility index (Phi) is 29.6. The van der Waals surface area contributed by atoms with Crippen molar-refractivity contribution in [3.05, 3.63) is 24.3 Å². The molecule has 1 saturated heterocycles. The zero-order valence-corrected chi connectivity index (χ0v) is 36.7. The highest BCUT2D eigenvalue weighted by Crippen LogP contribution is 2.22. The van der Waals surface area contributed by atoms with Gasteiger partial charge in [-0.25, -0.2) is 4.79 Å². The van der Waals surface area contributed by atoms with Crippen molar-refractivity contribution in [2.24, 2.45) is 5.92 Å². The lowest BCUT2D eigenvalue weighted by molar-refractivity contribution is -0.155. The molecule has 0 bridgehead atoms. The van der Waals surface area contributed by atoms with Crippen LogP contribution in [0.5, 0.6) is 0 Å². The van der Waals surface area contributed by atoms with Crippen LogP contribution in [0.25, 0.3) is 0 Å². The number of carbonyl (C=O) groups is 6. The molecule has 3 atom stereocenters. The highest BCUT2D eigenvalue weighted by molar-refractivity contribution is 5.71. The summed E-state index contributed by atoms with van der Waals surface area (Å²) < 4.78 is 27.8. The molecule has 0 aromatic carbocycles. The zero-order valence-electron chi connectivity index (χ0n) is 36.7. The third-order valence-electron chi connectivity index (χ3n) is 10.2. The molecular weight excluding hydrogens is 760 g/mol. The summed E-state index contributed by atoms with van der Waals surface area (Å²) in [4.78, 5) is 76.1. The van der Waals surface area contributed by atoms with E-state index in [0.29, 0.717) is 64.3 Å². The molecule has 0 spiro atoms. The Bertz CT molecular complexity index is 1280. The van der Waals surface area contributed by atoms with E-state index in [2.05, 4.69) is 29.8 Å². The van der Waals surface area contributed by atoms with Gasteiger partial charge in [0.1, 0.15) is 31.5 Å². The molecule has 59 heavy (non-hydrogen) atoms. The van der Waals surface area contributed by atoms with Crippen LogP contribution in [0.15, 0.2) is 24.3 Å². The minimum absolute atomic E-state index is 0.0123. The summed E-state index contributed by atoms with van der Waals surface area (Å²) >= 11 is 0. The summed E-state index contributed by atoms with van der Waals surface area (Å²) in [5, 5.41) is 11.6. The molecule has 14 heteroatoms. The average Bonchev–Trinajstić information content (AvgIpc) is 3.71. The molecule has 2 N–H and O–H groups in total. The van der Waals surface area contributed by atoms with Gasteiger partial charge in [-0.2, -0.15) is 0 Å². The number of aliphatic carboxylic acids is 1. The Morgan fingerprint density at radius 2 is 1.29 bits per heavy atom. The molecule has 0 radical (unpaired) electrons. The second kappa shape index (κ2) is 32.9. The van der Waals surface area contributed by atoms with Crippen LogP contribution in [-0.4, -0.2) is 104 Å². The Morgan fingerprint density at radius 3 is 1.83 bits per heavy atom. The van der Waals surface area contributed by atoms with E-state index in [4.69, 9.17) is 28.8 Å². The van der Waals surface area contributed by atoms with Gasteiger partial charge >= 0.3 is 35.9 Å². The Labute approximate surface area is 353 Å². The Balaban J connectivity index is 2.62. The number of likely N-dealkylation sites (tertiary alicyclic amines) is 1. The molecule has 14 nitrogen and oxygen atoms in total. The first-order valence-corrected chi connectivity index (χ1v) is 22.1. The third kappa shape index (κ3) is 29.8. The van der Waals surface area contributed by atoms with Gasteiger partial charge in [0.05, 0.1) is 5.92 Å². The molecule has 1 aliphatic heterocycles. The maximum Gasteiger partial charge on any atom is 0.407 e. The second-order valence-electron chi connectivity index (χ2n) is 16.1. The van der Waals surface area contributed by atoms with Gasteiger partial charge in [-0.05, 0) is 111 Å². The lowest BCUT2D eigenvalue weighted by Gasteiger charge is -2.25. The van der Waals surface area contributed by atoms with E-state index >= 15 is 0 Å². The Hall–Kier alpha value is -3.94. The minimum Gasteiger partial charge on any atom is -0.481 e. The summed E-state index contributed by atoms with van der Waals surface area (Å²) in [6.45, 7) is 14.7. The number of alkyl carbamates (subject to hydrolysis) is 1. The highest BCUT2D eigenvalue weighted by atomic mass is 16.6. The van der Waals surface area contributed by atoms with Crippen LogP contribution < -0.4 is 5.32 Å². The van der Waals surface area contributed by atoms with Crippen molar-refractivity contribution < 1.29 is 57.6 Å². The molecule has 1 amide bonds. The number of carboxylic acid groups (broad SMARTS) is 1. The first-order chi connectivity index (χ1) is 28.2. The fourth-order valence-electron chi connectivity index (χ4n) is 6.44. The number of nitrogens with one attached hydrogen (secondary N) is 1. The molecular formula is C45H76N2O12. The molecule has 0 aromatic rings. The normalized spacial score (nSPS) is 14.6. The SMILES string of the molecule is C=CC(C)(CCC=C(C)C)OC(=O)CCCCCC(=O)OCC(COC(=O)CCCCCC(=O)O)COC(=O)CCC(CCCCCC)OC(=O)NCCN1CCCC1. The van der Waals surface area contributed by atoms with E-state index in [1.165, 1.54) is 18.4 Å². The van der Waals surface area contributed by atoms with Crippen LogP contribution in [0.3, 0.4) is 0 Å². The minimum atomic E-state index is -0.888. The number of esters is 4. The predicted octanol–water partition coefficient (Wildman–Crippen LogP) is 8.39. The van der Waals surface area contributed by atoms with E-state index < -0.39 is 47.6 Å². The van der Waals surface area contributed by atoms with E-state index in [1.807, 2.05) is 20.8 Å². The molecule has 1 heterocycles. The van der Waals surface area contributed by atoms with E-state index in [9.17, 15) is 28.8 Å². The number of allylic oxidation sites excluding steroid dienone is 2. The fourth-order valence-corrected chi connectivity index (χ4v) is 6.44. The van der Waals surface area contributed by atoms with E-state index in [1.54, 1.807) is 6.08 Å². The smallest absolute Gasteiger partial charge is 0.407 e. The van der Waals surface area contributed by atoms with Crippen molar-refractivity contribution in [2.45, 2.75) is 174 Å². The summed E-state index contributed by atoms with van der Waals surface area (Å²) in [5.41, 5.74) is 0.450. The van der Waals surface area contributed by atoms with Crippen molar-refractivity contribution in [1.29, 1.82) is 0 Å². The van der Waals surface area contributed by atoms with Crippen LogP contribution in [-0.2, 0) is 47.7 Å². The van der Waals surface area contributed by atoms with E-state index in [0.717, 1.165) is 51.7 Å². The summed E-state index contributed by atoms with van der Waals surface area (Å²) in [7, 11) is 0. The molecule has 1 rings (SSSR count). The van der Waals surface area contributed by atoms with Crippen molar-refractivity contribution in [3.63, 3.8) is 0 Å². The van der Waals surface area contributed by atoms with Crippen LogP contribution in [0, 0.1) is 5.92 Å². The molecule has 1 fully saturated rings. The van der Waals surface area contributed by atoms with E-state index in [-0.39, 0.29) is 57.9 Å². The number of amides is 1. The number of hydrogen-bond donors (Lipinski definition) is 2. The number of hydrogen-bond acceptors (Lipinski definition) is 12. The third-order valence-corrected chi connectivity index (χ3v) is 10.2. The van der Waals surface area contributed by atoms with Gasteiger partial charge < -0.3 is 39.0 Å². The highest BCUT2D eigenvalue weighted by Gasteiger charge is 2.24. The molecule has 0 aromatic heterocycles. The predicted molar refractivity (Wildman–Crippen MR) is 225 cm³/mol. The Morgan fingerprint density at radius 1 is 0.746 bits per heavy atom. The molecule has 1 aliphatic rings. The molecule has 338 valence electrons. The molecule has 3 unspecified atom stereocenters. The van der Waals surface area contributed by atoms with Gasteiger partial charge in [-0.15, -0.1) is 0 Å². The summed E-state index contributed by atoms with van der Waals surface area (Å²) in [5.74, 6) is -3.28. The number of unbranched alkanes of at least 4 members (excludes halogenated alkanes) is 7. The standard InChI is InChI=1S/C45H76N2O12/c1-6-8-9-12-21-38(58-44(54)46-29-32-47-30-17-18-31-47)26-27-42(52)57-35-37(33-55-40(50)23-14-10-13-22-39(48)49)34-56-41(51)24-15-11-16-25-43(53)59-45(5,7-2)28-19-20-36(3)4/h7,20,37-38H,2,6,8-19,21-35H2,1,3-5H3,(H,46,54)(H,48,49). The van der Waals surface area contributed by atoms with Crippen LogP contribution in [0.4, 0.5) is 4.79 Å². The maximum atomic E-state index is 12.9. The fraction of sp³-hybridized carbons (Fsp3) is 0.778. The lowest BCUT2D eigenvalue weighted by atomic mass is 9.99. The van der Waals surface area contributed by atoms with Gasteiger partial charge in [-0.1, -0.05) is 57.3 Å². The first-order valence-electron chi connectivity index (χ1n) is 22.1. The summed E-state index contributed by atoms with van der Waals surface area (Å²) in [6, 6.07) is 0. The van der Waals surface area contributed by atoms with Crippen LogP contribution >= 0.6 is 0 Å². The number of carboxylic acids is 1. The van der Waals surface area contributed by atoms with Gasteiger partial charge in [0.2, 0.25) is 0 Å². The average molecular weight is 837 g/mol. The summed E-state index contributed by atoms with van der Waals surface area (Å²) in [6.07, 6.45) is 15.1. The zero-order chi connectivity index (χ0) is 43.7. The van der Waals surface area contributed by atoms with Gasteiger partial charge in [0.25, 0.3) is 0 Å². The number of ether oxygens (including phenoxy) is 5. The van der Waals surface area contributed by atoms with Crippen molar-refractivity contribution in [3.8, 4) is 0 Å². The molecule has 0 aliphatic carbocycles. The second-order valence-corrected chi connectivity index (χ2v) is 16.1. The van der Waals surface area contributed by atoms with Crippen molar-refractivity contribution in [2.75, 3.05) is 46.0 Å². The van der Waals surface area contributed by atoms with Crippen LogP contribution in [0.2, 0.25) is 0 Å². The van der Waals surface area contributed by atoms with Gasteiger partial charge in [-0.3, -0.25) is 24.0 Å². The monoisotopic (exact) mass is 837 g/mol. The first kappa shape index (κ1) is 53.1. The van der Waals surface area contributed by atoms with Crippen LogP contribution in [0.1, 0.15) is 163 Å². The largest absolute Gasteiger partial charge is 0.481 e. The maximum absolute atomic E-state index is 12.9. The van der Waals surface area contributed by atoms with Gasteiger partial charge in [0, 0.05) is 45.2 Å². The number of rotatable bonds is 35. The number of nitrogens with zero attached hydrogens (tertiary/aromatic N) is 1. The van der Waals surface area contributed by atoms with Crippen molar-refractivity contribution >= 4 is 35.9 Å². The quantitative estimate of drug-likeness (QED) is 0.0269. The molecule has 0 saturated carbocycles. The lowest BCUT2D eigenvalue weighted by Crippen LogP contribution is -2.35. The number of carbonyl (C=O) groups excluding carboxylic acids is 5.